The molecule has 0 fully saturated rings. The highest BCUT2D eigenvalue weighted by atomic mass is 16.5. The van der Waals surface area contributed by atoms with Crippen molar-refractivity contribution < 1.29 is 14.6 Å². The number of aryl methyl sites for hydroxylation is 3. The molecule has 0 bridgehead atoms. The second-order valence-corrected chi connectivity index (χ2v) is 4.05. The Morgan fingerprint density at radius 1 is 1.41 bits per heavy atom. The number of carbonyl (C=O) groups excluding carboxylic acids is 1. The van der Waals surface area contributed by atoms with Crippen LogP contribution in [0.25, 0.3) is 0 Å². The zero-order valence-electron chi connectivity index (χ0n) is 10.3. The summed E-state index contributed by atoms with van der Waals surface area (Å²) < 4.78 is 4.89. The molecule has 0 amide bonds. The van der Waals surface area contributed by atoms with Gasteiger partial charge in [-0.1, -0.05) is 24.8 Å². The Kier molecular flexibility index (Phi) is 4.76. The van der Waals surface area contributed by atoms with Crippen LogP contribution >= 0.6 is 0 Å². The van der Waals surface area contributed by atoms with Crippen LogP contribution in [0, 0.1) is 13.8 Å². The number of benzene rings is 1. The maximum atomic E-state index is 11.3. The Labute approximate surface area is 102 Å². The van der Waals surface area contributed by atoms with Gasteiger partial charge in [0.05, 0.1) is 0 Å². The lowest BCUT2D eigenvalue weighted by Crippen LogP contribution is -2.05. The average molecular weight is 234 g/mol. The number of hydrogen-bond donors (Lipinski definition) is 1. The number of hydrogen-bond acceptors (Lipinski definition) is 3. The van der Waals surface area contributed by atoms with Crippen LogP contribution in [0.1, 0.15) is 23.1 Å². The quantitative estimate of drug-likeness (QED) is 0.629. The largest absolute Gasteiger partial charge is 0.507 e. The van der Waals surface area contributed by atoms with E-state index < -0.39 is 0 Å². The number of aromatic hydroxyl groups is 1. The van der Waals surface area contributed by atoms with Gasteiger partial charge in [0, 0.05) is 6.42 Å². The van der Waals surface area contributed by atoms with E-state index in [9.17, 15) is 9.90 Å². The summed E-state index contributed by atoms with van der Waals surface area (Å²) in [6, 6.07) is 3.78. The molecule has 1 rings (SSSR count). The molecule has 3 heteroatoms. The van der Waals surface area contributed by atoms with E-state index in [0.717, 1.165) is 16.7 Å². The molecule has 0 aliphatic carbocycles. The molecule has 3 nitrogen and oxygen atoms in total. The molecule has 1 aromatic rings. The summed E-state index contributed by atoms with van der Waals surface area (Å²) in [4.78, 5) is 11.3. The highest BCUT2D eigenvalue weighted by Gasteiger charge is 2.06. The summed E-state index contributed by atoms with van der Waals surface area (Å²) in [5, 5.41) is 9.62. The van der Waals surface area contributed by atoms with Crippen molar-refractivity contribution in [3.63, 3.8) is 0 Å². The third-order valence-electron chi connectivity index (χ3n) is 2.53. The Morgan fingerprint density at radius 2 is 2.00 bits per heavy atom. The fraction of sp³-hybridized carbons (Fsp3) is 0.357. The Hall–Kier alpha value is -1.77. The molecule has 0 atom stereocenters. The Morgan fingerprint density at radius 3 is 2.53 bits per heavy atom. The van der Waals surface area contributed by atoms with Gasteiger partial charge in [0.1, 0.15) is 12.4 Å². The molecule has 0 aromatic heterocycles. The predicted molar refractivity (Wildman–Crippen MR) is 67.1 cm³/mol. The molecular weight excluding hydrogens is 216 g/mol. The van der Waals surface area contributed by atoms with Gasteiger partial charge in [0.2, 0.25) is 0 Å². The minimum atomic E-state index is -0.228. The van der Waals surface area contributed by atoms with Crippen molar-refractivity contribution in [2.24, 2.45) is 0 Å². The molecule has 92 valence electrons. The molecule has 0 radical (unpaired) electrons. The van der Waals surface area contributed by atoms with Crippen LogP contribution in [0.2, 0.25) is 0 Å². The number of rotatable bonds is 5. The molecule has 1 aromatic carbocycles. The molecule has 1 N–H and O–H groups in total. The third kappa shape index (κ3) is 3.94. The first kappa shape index (κ1) is 13.3. The number of phenolic OH excluding ortho intramolecular Hbond substituents is 1. The van der Waals surface area contributed by atoms with Gasteiger partial charge in [-0.25, -0.2) is 0 Å². The van der Waals surface area contributed by atoms with Crippen molar-refractivity contribution in [2.45, 2.75) is 26.7 Å². The number of ether oxygens (including phenoxy) is 1. The van der Waals surface area contributed by atoms with E-state index in [-0.39, 0.29) is 12.6 Å². The van der Waals surface area contributed by atoms with E-state index in [4.69, 9.17) is 4.74 Å². The smallest absolute Gasteiger partial charge is 0.306 e. The number of carbonyl (C=O) groups is 1. The SMILES string of the molecule is C=CCOC(=O)CCc1cc(C)c(O)c(C)c1. The maximum Gasteiger partial charge on any atom is 0.306 e. The van der Waals surface area contributed by atoms with Crippen molar-refractivity contribution in [3.8, 4) is 5.75 Å². The fourth-order valence-electron chi connectivity index (χ4n) is 1.66. The second-order valence-electron chi connectivity index (χ2n) is 4.05. The predicted octanol–water partition coefficient (Wildman–Crippen LogP) is 2.67. The van der Waals surface area contributed by atoms with E-state index in [2.05, 4.69) is 6.58 Å². The number of esters is 1. The monoisotopic (exact) mass is 234 g/mol. The molecule has 0 aliphatic rings. The summed E-state index contributed by atoms with van der Waals surface area (Å²) in [6.45, 7) is 7.43. The van der Waals surface area contributed by atoms with Crippen LogP contribution in [-0.2, 0) is 16.0 Å². The van der Waals surface area contributed by atoms with Gasteiger partial charge >= 0.3 is 5.97 Å². The van der Waals surface area contributed by atoms with Gasteiger partial charge in [-0.3, -0.25) is 4.79 Å². The van der Waals surface area contributed by atoms with Gasteiger partial charge in [-0.2, -0.15) is 0 Å². The van der Waals surface area contributed by atoms with Crippen LogP contribution in [0.3, 0.4) is 0 Å². The summed E-state index contributed by atoms with van der Waals surface area (Å²) in [7, 11) is 0. The van der Waals surface area contributed by atoms with Gasteiger partial charge in [-0.15, -0.1) is 0 Å². The lowest BCUT2D eigenvalue weighted by molar-refractivity contribution is -0.142. The summed E-state index contributed by atoms with van der Waals surface area (Å²) in [6.07, 6.45) is 2.52. The average Bonchev–Trinajstić information content (AvgIpc) is 2.30. The fourth-order valence-corrected chi connectivity index (χ4v) is 1.66. The molecule has 0 saturated heterocycles. The van der Waals surface area contributed by atoms with Crippen molar-refractivity contribution in [1.29, 1.82) is 0 Å². The highest BCUT2D eigenvalue weighted by Crippen LogP contribution is 2.23. The number of phenols is 1. The Bertz CT molecular complexity index is 398. The zero-order chi connectivity index (χ0) is 12.8. The molecule has 0 unspecified atom stereocenters. The topological polar surface area (TPSA) is 46.5 Å². The lowest BCUT2D eigenvalue weighted by atomic mass is 10.0. The second kappa shape index (κ2) is 6.09. The third-order valence-corrected chi connectivity index (χ3v) is 2.53. The molecule has 0 spiro atoms. The van der Waals surface area contributed by atoms with Gasteiger partial charge in [0.15, 0.2) is 0 Å². The van der Waals surface area contributed by atoms with Crippen molar-refractivity contribution in [1.82, 2.24) is 0 Å². The molecule has 0 saturated carbocycles. The first-order valence-corrected chi connectivity index (χ1v) is 5.60. The minimum absolute atomic E-state index is 0.228. The standard InChI is InChI=1S/C14H18O3/c1-4-7-17-13(15)6-5-12-8-10(2)14(16)11(3)9-12/h4,8-9,16H,1,5-7H2,2-3H3. The molecule has 0 heterocycles. The summed E-state index contributed by atoms with van der Waals surface area (Å²) in [5.74, 6) is 0.0938. The van der Waals surface area contributed by atoms with Crippen LogP contribution in [-0.4, -0.2) is 17.7 Å². The van der Waals surface area contributed by atoms with E-state index in [1.165, 1.54) is 0 Å². The Balaban J connectivity index is 2.58. The van der Waals surface area contributed by atoms with Crippen molar-refractivity contribution in [3.05, 3.63) is 41.5 Å². The van der Waals surface area contributed by atoms with Gasteiger partial charge < -0.3 is 9.84 Å². The normalized spacial score (nSPS) is 10.0. The van der Waals surface area contributed by atoms with Crippen molar-refractivity contribution >= 4 is 5.97 Å². The van der Waals surface area contributed by atoms with Gasteiger partial charge in [-0.05, 0) is 37.0 Å². The van der Waals surface area contributed by atoms with Gasteiger partial charge in [0.25, 0.3) is 0 Å². The van der Waals surface area contributed by atoms with E-state index in [1.54, 1.807) is 6.08 Å². The first-order valence-electron chi connectivity index (χ1n) is 5.60. The first-order chi connectivity index (χ1) is 8.04. The van der Waals surface area contributed by atoms with Crippen LogP contribution in [0.15, 0.2) is 24.8 Å². The molecule has 17 heavy (non-hydrogen) atoms. The molecular formula is C14H18O3. The van der Waals surface area contributed by atoms with Crippen LogP contribution in [0.5, 0.6) is 5.75 Å². The summed E-state index contributed by atoms with van der Waals surface area (Å²) >= 11 is 0. The van der Waals surface area contributed by atoms with E-state index >= 15 is 0 Å². The lowest BCUT2D eigenvalue weighted by Gasteiger charge is -2.07. The van der Waals surface area contributed by atoms with E-state index in [0.29, 0.717) is 18.6 Å². The summed E-state index contributed by atoms with van der Waals surface area (Å²) in [5.41, 5.74) is 2.70. The van der Waals surface area contributed by atoms with Crippen molar-refractivity contribution in [2.75, 3.05) is 6.61 Å². The maximum absolute atomic E-state index is 11.3. The molecule has 0 aliphatic heterocycles. The zero-order valence-corrected chi connectivity index (χ0v) is 10.3. The van der Waals surface area contributed by atoms with E-state index in [1.807, 2.05) is 26.0 Å². The van der Waals surface area contributed by atoms with Crippen LogP contribution < -0.4 is 0 Å². The highest BCUT2D eigenvalue weighted by molar-refractivity contribution is 5.69. The van der Waals surface area contributed by atoms with Crippen LogP contribution in [0.4, 0.5) is 0 Å². The minimum Gasteiger partial charge on any atom is -0.507 e.